The van der Waals surface area contributed by atoms with Gasteiger partial charge in [-0.15, -0.1) is 11.3 Å². The molecule has 0 aliphatic carbocycles. The molecule has 1 aromatic carbocycles. The van der Waals surface area contributed by atoms with E-state index in [2.05, 4.69) is 26.6 Å². The maximum atomic E-state index is 14.5. The number of nitriles is 1. The Balaban J connectivity index is 1.44. The van der Waals surface area contributed by atoms with Crippen molar-refractivity contribution in [2.75, 3.05) is 25.5 Å². The average Bonchev–Trinajstić information content (AvgIpc) is 3.40. The van der Waals surface area contributed by atoms with E-state index in [1.165, 1.54) is 17.4 Å². The summed E-state index contributed by atoms with van der Waals surface area (Å²) in [7, 11) is 1.89. The van der Waals surface area contributed by atoms with E-state index < -0.39 is 0 Å². The first kappa shape index (κ1) is 24.4. The molecule has 35 heavy (non-hydrogen) atoms. The molecule has 0 radical (unpaired) electrons. The Morgan fingerprint density at radius 2 is 2.26 bits per heavy atom. The molecule has 4 rings (SSSR count). The van der Waals surface area contributed by atoms with Crippen LogP contribution in [0.3, 0.4) is 0 Å². The van der Waals surface area contributed by atoms with Crippen LogP contribution < -0.4 is 10.6 Å². The van der Waals surface area contributed by atoms with E-state index in [0.717, 1.165) is 59.6 Å². The van der Waals surface area contributed by atoms with Crippen molar-refractivity contribution in [2.24, 2.45) is 0 Å². The summed E-state index contributed by atoms with van der Waals surface area (Å²) in [4.78, 5) is 22.0. The van der Waals surface area contributed by atoms with Gasteiger partial charge < -0.3 is 15.6 Å². The van der Waals surface area contributed by atoms with Crippen LogP contribution in [0, 0.1) is 24.1 Å². The van der Waals surface area contributed by atoms with E-state index in [9.17, 15) is 14.4 Å². The minimum atomic E-state index is -0.335. The number of thiophene rings is 1. The van der Waals surface area contributed by atoms with E-state index in [-0.39, 0.29) is 12.4 Å². The Labute approximate surface area is 207 Å². The molecule has 0 saturated carbocycles. The fourth-order valence-electron chi connectivity index (χ4n) is 4.03. The van der Waals surface area contributed by atoms with Crippen LogP contribution >= 0.6 is 11.3 Å². The van der Waals surface area contributed by atoms with Gasteiger partial charge in [0.2, 0.25) is 0 Å². The topological polar surface area (TPSA) is 96.8 Å². The summed E-state index contributed by atoms with van der Waals surface area (Å²) in [5.74, 6) is 0.586. The maximum Gasteiger partial charge on any atom is 0.143 e. The molecule has 3 N–H and O–H groups in total. The van der Waals surface area contributed by atoms with Crippen LogP contribution in [-0.4, -0.2) is 41.3 Å². The summed E-state index contributed by atoms with van der Waals surface area (Å²) in [6, 6.07) is 8.11. The highest BCUT2D eigenvalue weighted by Crippen LogP contribution is 2.27. The Bertz CT molecular complexity index is 1360. The Morgan fingerprint density at radius 3 is 2.94 bits per heavy atom. The summed E-state index contributed by atoms with van der Waals surface area (Å²) in [5.41, 5.74) is 5.33. The van der Waals surface area contributed by atoms with Crippen LogP contribution in [0.4, 0.5) is 10.1 Å². The van der Waals surface area contributed by atoms with Crippen LogP contribution in [0.2, 0.25) is 0 Å². The van der Waals surface area contributed by atoms with E-state index in [0.29, 0.717) is 21.9 Å². The highest BCUT2D eigenvalue weighted by atomic mass is 32.1. The highest BCUT2D eigenvalue weighted by Gasteiger charge is 2.18. The largest absolute Gasteiger partial charge is 0.388 e. The van der Waals surface area contributed by atoms with Gasteiger partial charge in [0, 0.05) is 37.1 Å². The number of aromatic nitrogens is 2. The number of carbonyl (C=O) groups is 1. The fourth-order valence-corrected chi connectivity index (χ4v) is 4.95. The van der Waals surface area contributed by atoms with Gasteiger partial charge >= 0.3 is 0 Å². The number of allylic oxidation sites excluding steroid dienone is 4. The van der Waals surface area contributed by atoms with Gasteiger partial charge in [-0.2, -0.15) is 5.26 Å². The van der Waals surface area contributed by atoms with E-state index in [1.54, 1.807) is 13.0 Å². The van der Waals surface area contributed by atoms with E-state index >= 15 is 0 Å². The first-order valence-corrected chi connectivity index (χ1v) is 12.2. The molecule has 0 fully saturated rings. The summed E-state index contributed by atoms with van der Waals surface area (Å²) >= 11 is 1.17. The molecule has 0 atom stereocenters. The van der Waals surface area contributed by atoms with Crippen LogP contribution in [0.1, 0.15) is 27.6 Å². The highest BCUT2D eigenvalue weighted by molar-refractivity contribution is 7.12. The van der Waals surface area contributed by atoms with E-state index in [4.69, 9.17) is 4.98 Å². The van der Waals surface area contributed by atoms with Crippen molar-refractivity contribution >= 4 is 34.3 Å². The molecule has 0 saturated heterocycles. The lowest BCUT2D eigenvalue weighted by Crippen LogP contribution is -2.30. The third-order valence-electron chi connectivity index (χ3n) is 5.97. The minimum Gasteiger partial charge on any atom is -0.388 e. The first-order valence-electron chi connectivity index (χ1n) is 11.3. The molecule has 0 amide bonds. The van der Waals surface area contributed by atoms with Crippen molar-refractivity contribution < 1.29 is 9.18 Å². The number of nitrogens with one attached hydrogen (secondary N) is 3. The predicted molar refractivity (Wildman–Crippen MR) is 137 cm³/mol. The monoisotopic (exact) mass is 490 g/mol. The Hall–Kier alpha value is -3.74. The molecule has 0 spiro atoms. The van der Waals surface area contributed by atoms with Gasteiger partial charge in [-0.05, 0) is 49.3 Å². The number of fused-ring (bicyclic) bond motifs is 1. The number of hydrogen-bond donors (Lipinski definition) is 3. The van der Waals surface area contributed by atoms with Crippen molar-refractivity contribution in [1.29, 1.82) is 5.26 Å². The number of rotatable bonds is 9. The molecule has 3 aromatic rings. The van der Waals surface area contributed by atoms with Crippen molar-refractivity contribution in [3.05, 3.63) is 80.7 Å². The smallest absolute Gasteiger partial charge is 0.143 e. The molecule has 1 aliphatic heterocycles. The van der Waals surface area contributed by atoms with Crippen molar-refractivity contribution in [3.63, 3.8) is 0 Å². The number of aldehydes is 1. The summed E-state index contributed by atoms with van der Waals surface area (Å²) in [5, 5.41) is 15.6. The second-order valence-corrected chi connectivity index (χ2v) is 9.35. The second kappa shape index (κ2) is 11.1. The van der Waals surface area contributed by atoms with Crippen molar-refractivity contribution in [1.82, 2.24) is 20.2 Å². The van der Waals surface area contributed by atoms with Crippen molar-refractivity contribution in [3.8, 4) is 6.07 Å². The van der Waals surface area contributed by atoms with Gasteiger partial charge in [0.25, 0.3) is 0 Å². The lowest BCUT2D eigenvalue weighted by molar-refractivity contribution is -0.104. The van der Waals surface area contributed by atoms with Gasteiger partial charge in [0.15, 0.2) is 0 Å². The maximum absolute atomic E-state index is 14.5. The number of H-pyrrole nitrogens is 1. The molecule has 7 nitrogen and oxygen atoms in total. The summed E-state index contributed by atoms with van der Waals surface area (Å²) in [6.07, 6.45) is 8.59. The molecule has 1 aliphatic rings. The summed E-state index contributed by atoms with van der Waals surface area (Å²) < 4.78 is 14.5. The number of benzene rings is 1. The molecular formula is C26H27FN6OS. The van der Waals surface area contributed by atoms with Crippen LogP contribution in [0.25, 0.3) is 11.0 Å². The zero-order valence-electron chi connectivity index (χ0n) is 19.7. The van der Waals surface area contributed by atoms with Gasteiger partial charge in [0.1, 0.15) is 28.9 Å². The van der Waals surface area contributed by atoms with Crippen LogP contribution in [0.15, 0.2) is 53.8 Å². The fraction of sp³-hybridized carbons (Fsp3) is 0.269. The van der Waals surface area contributed by atoms with Gasteiger partial charge in [0.05, 0.1) is 29.0 Å². The molecule has 0 unspecified atom stereocenters. The average molecular weight is 491 g/mol. The number of hydrogen-bond acceptors (Lipinski definition) is 7. The standard InChI is InChI=1S/C26H27FN6OS/c1-17-23(14-28)35-24(26(17)27)15-30-20(5-3-4-12-34)18-8-10-33(11-9-18)16-25-31-21-7-6-19(29-2)13-22(21)32-25/h3-8,12-13,29-30H,9-11,15-16H2,1-2H3,(H,31,32)/b4-3-,20-5-. The van der Waals surface area contributed by atoms with Crippen LogP contribution in [0.5, 0.6) is 0 Å². The first-order chi connectivity index (χ1) is 17.0. The number of imidazole rings is 1. The Morgan fingerprint density at radius 1 is 1.40 bits per heavy atom. The zero-order chi connectivity index (χ0) is 24.8. The van der Waals surface area contributed by atoms with Crippen molar-refractivity contribution in [2.45, 2.75) is 26.4 Å². The zero-order valence-corrected chi connectivity index (χ0v) is 20.5. The van der Waals surface area contributed by atoms with Gasteiger partial charge in [-0.3, -0.25) is 9.69 Å². The molecule has 2 aromatic heterocycles. The molecular weight excluding hydrogens is 463 g/mol. The minimum absolute atomic E-state index is 0.272. The lowest BCUT2D eigenvalue weighted by Gasteiger charge is -2.27. The molecule has 9 heteroatoms. The molecule has 0 bridgehead atoms. The number of aromatic amines is 1. The third-order valence-corrected chi connectivity index (χ3v) is 7.14. The van der Waals surface area contributed by atoms with Gasteiger partial charge in [-0.1, -0.05) is 12.2 Å². The number of halogens is 1. The predicted octanol–water partition coefficient (Wildman–Crippen LogP) is 4.55. The SMILES string of the molecule is CNc1ccc2nc(CN3CC=C(/C(=C/C=C\C=O)NCc4sc(C#N)c(C)c4F)CC3)[nH]c2c1. The number of carbonyl (C=O) groups excluding carboxylic acids is 1. The third kappa shape index (κ3) is 5.67. The quantitative estimate of drug-likeness (QED) is 0.231. The number of anilines is 1. The lowest BCUT2D eigenvalue weighted by atomic mass is 10.0. The molecule has 180 valence electrons. The second-order valence-electron chi connectivity index (χ2n) is 8.24. The molecule has 3 heterocycles. The van der Waals surface area contributed by atoms with E-state index in [1.807, 2.05) is 37.4 Å². The number of nitrogens with zero attached hydrogens (tertiary/aromatic N) is 3. The van der Waals surface area contributed by atoms with Gasteiger partial charge in [-0.25, -0.2) is 9.37 Å². The normalized spacial score (nSPS) is 14.8. The van der Waals surface area contributed by atoms with Crippen LogP contribution in [-0.2, 0) is 17.9 Å². The Kier molecular flexibility index (Phi) is 7.75. The summed E-state index contributed by atoms with van der Waals surface area (Å²) in [6.45, 7) is 4.19.